The zero-order chi connectivity index (χ0) is 13.9. The van der Waals surface area contributed by atoms with Crippen LogP contribution < -0.4 is 0 Å². The lowest BCUT2D eigenvalue weighted by molar-refractivity contribution is 0.103. The Balaban J connectivity index is 1.82. The van der Waals surface area contributed by atoms with Crippen LogP contribution in [0.15, 0.2) is 24.3 Å². The Bertz CT molecular complexity index is 497. The molecule has 0 heterocycles. The Hall–Kier alpha value is -0.870. The summed E-state index contributed by atoms with van der Waals surface area (Å²) in [6, 6.07) is 8.29. The van der Waals surface area contributed by atoms with E-state index in [2.05, 4.69) is 12.1 Å². The molecule has 1 N–H and O–H groups in total. The fraction of sp³-hybridized carbons (Fsp3) is 0.600. The number of sulfone groups is 1. The standard InChI is InChI=1S/C15H22O3S/c1-2-19(17,18)9-5-8-15(16)14-10-12-6-3-4-7-13(12)11-14/h3-4,6-7,14-16H,2,5,8-11H2,1H3. The molecule has 19 heavy (non-hydrogen) atoms. The van der Waals surface area contributed by atoms with Crippen LogP contribution in [0.4, 0.5) is 0 Å². The third kappa shape index (κ3) is 3.80. The van der Waals surface area contributed by atoms with Gasteiger partial charge in [0.2, 0.25) is 0 Å². The summed E-state index contributed by atoms with van der Waals surface area (Å²) in [4.78, 5) is 0. The Morgan fingerprint density at radius 3 is 2.37 bits per heavy atom. The summed E-state index contributed by atoms with van der Waals surface area (Å²) >= 11 is 0. The number of aliphatic hydroxyl groups is 1. The number of aliphatic hydroxyl groups excluding tert-OH is 1. The van der Waals surface area contributed by atoms with Gasteiger partial charge >= 0.3 is 0 Å². The Morgan fingerprint density at radius 1 is 1.26 bits per heavy atom. The summed E-state index contributed by atoms with van der Waals surface area (Å²) in [6.07, 6.45) is 2.58. The molecular weight excluding hydrogens is 260 g/mol. The molecule has 106 valence electrons. The van der Waals surface area contributed by atoms with E-state index < -0.39 is 9.84 Å². The maximum Gasteiger partial charge on any atom is 0.150 e. The van der Waals surface area contributed by atoms with Crippen LogP contribution in [0.25, 0.3) is 0 Å². The molecule has 1 atom stereocenters. The molecule has 0 saturated carbocycles. The molecule has 0 aliphatic heterocycles. The van der Waals surface area contributed by atoms with Gasteiger partial charge in [0, 0.05) is 5.75 Å². The normalized spacial score (nSPS) is 17.4. The van der Waals surface area contributed by atoms with Gasteiger partial charge in [0.15, 0.2) is 0 Å². The quantitative estimate of drug-likeness (QED) is 0.868. The molecule has 0 radical (unpaired) electrons. The minimum atomic E-state index is -2.90. The van der Waals surface area contributed by atoms with Crippen molar-refractivity contribution in [2.24, 2.45) is 5.92 Å². The predicted molar refractivity (Wildman–Crippen MR) is 76.9 cm³/mol. The van der Waals surface area contributed by atoms with E-state index in [9.17, 15) is 13.5 Å². The molecule has 1 aromatic carbocycles. The molecule has 0 saturated heterocycles. The molecule has 2 rings (SSSR count). The molecule has 1 aliphatic rings. The third-order valence-corrected chi connectivity index (χ3v) is 5.81. The zero-order valence-corrected chi connectivity index (χ0v) is 12.2. The van der Waals surface area contributed by atoms with Crippen LogP contribution >= 0.6 is 0 Å². The minimum Gasteiger partial charge on any atom is -0.393 e. The van der Waals surface area contributed by atoms with Gasteiger partial charge in [-0.25, -0.2) is 8.42 Å². The van der Waals surface area contributed by atoms with Crippen molar-refractivity contribution in [3.63, 3.8) is 0 Å². The average Bonchev–Trinajstić information content (AvgIpc) is 2.82. The van der Waals surface area contributed by atoms with Gasteiger partial charge in [0.1, 0.15) is 9.84 Å². The lowest BCUT2D eigenvalue weighted by Gasteiger charge is -2.17. The van der Waals surface area contributed by atoms with Crippen molar-refractivity contribution in [1.82, 2.24) is 0 Å². The highest BCUT2D eigenvalue weighted by molar-refractivity contribution is 7.91. The number of rotatable bonds is 6. The molecule has 0 spiro atoms. The first-order chi connectivity index (χ1) is 9.02. The molecule has 1 unspecified atom stereocenters. The highest BCUT2D eigenvalue weighted by Crippen LogP contribution is 2.30. The van der Waals surface area contributed by atoms with Gasteiger partial charge in [0.05, 0.1) is 11.9 Å². The van der Waals surface area contributed by atoms with Gasteiger partial charge in [-0.3, -0.25) is 0 Å². The number of fused-ring (bicyclic) bond motifs is 1. The van der Waals surface area contributed by atoms with Gasteiger partial charge in [-0.2, -0.15) is 0 Å². The van der Waals surface area contributed by atoms with Crippen molar-refractivity contribution in [2.45, 2.75) is 38.7 Å². The van der Waals surface area contributed by atoms with Crippen LogP contribution in [0.2, 0.25) is 0 Å². The van der Waals surface area contributed by atoms with Gasteiger partial charge in [-0.1, -0.05) is 31.2 Å². The average molecular weight is 282 g/mol. The highest BCUT2D eigenvalue weighted by atomic mass is 32.2. The molecule has 0 fully saturated rings. The van der Waals surface area contributed by atoms with E-state index in [-0.39, 0.29) is 23.5 Å². The summed E-state index contributed by atoms with van der Waals surface area (Å²) in [6.45, 7) is 1.67. The van der Waals surface area contributed by atoms with Gasteiger partial charge in [-0.15, -0.1) is 0 Å². The number of hydrogen-bond acceptors (Lipinski definition) is 3. The maximum atomic E-state index is 11.4. The topological polar surface area (TPSA) is 54.4 Å². The Morgan fingerprint density at radius 2 is 1.84 bits per heavy atom. The lowest BCUT2D eigenvalue weighted by Crippen LogP contribution is -2.22. The van der Waals surface area contributed by atoms with Crippen LogP contribution in [-0.2, 0) is 22.7 Å². The van der Waals surface area contributed by atoms with Crippen LogP contribution in [0.5, 0.6) is 0 Å². The third-order valence-electron chi connectivity index (χ3n) is 4.02. The number of benzene rings is 1. The smallest absolute Gasteiger partial charge is 0.150 e. The lowest BCUT2D eigenvalue weighted by atomic mass is 9.96. The molecule has 1 aromatic rings. The predicted octanol–water partition coefficient (Wildman–Crippen LogP) is 1.98. The van der Waals surface area contributed by atoms with Gasteiger partial charge < -0.3 is 5.11 Å². The molecule has 3 nitrogen and oxygen atoms in total. The molecule has 0 bridgehead atoms. The first-order valence-electron chi connectivity index (χ1n) is 6.97. The molecule has 0 amide bonds. The summed E-state index contributed by atoms with van der Waals surface area (Å²) in [7, 11) is -2.90. The van der Waals surface area contributed by atoms with Gasteiger partial charge in [0.25, 0.3) is 0 Å². The van der Waals surface area contributed by atoms with E-state index >= 15 is 0 Å². The fourth-order valence-corrected chi connectivity index (χ4v) is 3.65. The first kappa shape index (κ1) is 14.5. The monoisotopic (exact) mass is 282 g/mol. The van der Waals surface area contributed by atoms with Crippen molar-refractivity contribution in [2.75, 3.05) is 11.5 Å². The summed E-state index contributed by atoms with van der Waals surface area (Å²) in [5.74, 6) is 0.639. The van der Waals surface area contributed by atoms with E-state index in [0.717, 1.165) is 12.8 Å². The maximum absolute atomic E-state index is 11.4. The Kier molecular flexibility index (Phi) is 4.63. The van der Waals surface area contributed by atoms with Crippen LogP contribution in [0, 0.1) is 5.92 Å². The molecular formula is C15H22O3S. The van der Waals surface area contributed by atoms with Crippen molar-refractivity contribution in [1.29, 1.82) is 0 Å². The van der Waals surface area contributed by atoms with E-state index in [0.29, 0.717) is 12.8 Å². The second-order valence-electron chi connectivity index (χ2n) is 5.38. The molecule has 0 aromatic heterocycles. The van der Waals surface area contributed by atoms with Crippen molar-refractivity contribution in [3.8, 4) is 0 Å². The summed E-state index contributed by atoms with van der Waals surface area (Å²) in [5.41, 5.74) is 2.65. The SMILES string of the molecule is CCS(=O)(=O)CCCC(O)C1Cc2ccccc2C1. The highest BCUT2D eigenvalue weighted by Gasteiger charge is 2.27. The van der Waals surface area contributed by atoms with Crippen molar-refractivity contribution in [3.05, 3.63) is 35.4 Å². The molecule has 4 heteroatoms. The van der Waals surface area contributed by atoms with Crippen molar-refractivity contribution >= 4 is 9.84 Å². The second kappa shape index (κ2) is 6.06. The molecule has 1 aliphatic carbocycles. The largest absolute Gasteiger partial charge is 0.393 e. The second-order valence-corrected chi connectivity index (χ2v) is 7.86. The van der Waals surface area contributed by atoms with E-state index in [1.54, 1.807) is 6.92 Å². The summed E-state index contributed by atoms with van der Waals surface area (Å²) < 4.78 is 22.8. The number of hydrogen-bond donors (Lipinski definition) is 1. The van der Waals surface area contributed by atoms with E-state index in [4.69, 9.17) is 0 Å². The first-order valence-corrected chi connectivity index (χ1v) is 8.79. The fourth-order valence-electron chi connectivity index (χ4n) is 2.76. The van der Waals surface area contributed by atoms with Crippen LogP contribution in [0.1, 0.15) is 30.9 Å². The zero-order valence-electron chi connectivity index (χ0n) is 11.4. The van der Waals surface area contributed by atoms with Crippen molar-refractivity contribution < 1.29 is 13.5 Å². The van der Waals surface area contributed by atoms with Crippen LogP contribution in [-0.4, -0.2) is 31.1 Å². The minimum absolute atomic E-state index is 0.192. The Labute approximate surface area is 115 Å². The van der Waals surface area contributed by atoms with Gasteiger partial charge in [-0.05, 0) is 42.7 Å². The van der Waals surface area contributed by atoms with Crippen LogP contribution in [0.3, 0.4) is 0 Å². The van der Waals surface area contributed by atoms with E-state index in [1.165, 1.54) is 11.1 Å². The van der Waals surface area contributed by atoms with E-state index in [1.807, 2.05) is 12.1 Å². The summed E-state index contributed by atoms with van der Waals surface area (Å²) in [5, 5.41) is 10.2.